The van der Waals surface area contributed by atoms with Crippen LogP contribution in [0.2, 0.25) is 0 Å². The lowest BCUT2D eigenvalue weighted by atomic mass is 10.3. The maximum atomic E-state index is 5.84. The molecule has 0 saturated carbocycles. The number of rotatable bonds is 4. The largest absolute Gasteiger partial charge is 0.384 e. The van der Waals surface area contributed by atoms with Crippen LogP contribution in [0.1, 0.15) is 19.2 Å². The first-order chi connectivity index (χ1) is 9.74. The molecule has 0 amide bonds. The van der Waals surface area contributed by atoms with Crippen LogP contribution in [0.3, 0.4) is 0 Å². The third kappa shape index (κ3) is 2.91. The average Bonchev–Trinajstić information content (AvgIpc) is 2.80. The predicted octanol–water partition coefficient (Wildman–Crippen LogP) is 3.77. The molecule has 0 unspecified atom stereocenters. The second-order valence-electron chi connectivity index (χ2n) is 4.35. The number of benzene rings is 1. The van der Waals surface area contributed by atoms with Crippen molar-refractivity contribution in [2.45, 2.75) is 29.1 Å². The van der Waals surface area contributed by atoms with E-state index in [1.807, 2.05) is 18.2 Å². The Morgan fingerprint density at radius 3 is 2.85 bits per heavy atom. The molecule has 2 aromatic heterocycles. The molecule has 6 heteroatoms. The van der Waals surface area contributed by atoms with Crippen molar-refractivity contribution in [1.82, 2.24) is 15.0 Å². The molecular formula is C14H14N4S2. The Labute approximate surface area is 125 Å². The van der Waals surface area contributed by atoms with E-state index >= 15 is 0 Å². The second-order valence-corrected chi connectivity index (χ2v) is 6.65. The van der Waals surface area contributed by atoms with Crippen molar-refractivity contribution in [3.63, 3.8) is 0 Å². The Kier molecular flexibility index (Phi) is 3.84. The van der Waals surface area contributed by atoms with Gasteiger partial charge in [-0.3, -0.25) is 0 Å². The van der Waals surface area contributed by atoms with E-state index < -0.39 is 0 Å². The van der Waals surface area contributed by atoms with Crippen LogP contribution in [-0.4, -0.2) is 15.0 Å². The number of hydrogen-bond donors (Lipinski definition) is 1. The fourth-order valence-electron chi connectivity index (χ4n) is 1.86. The van der Waals surface area contributed by atoms with Gasteiger partial charge in [-0.05, 0) is 30.3 Å². The summed E-state index contributed by atoms with van der Waals surface area (Å²) in [5, 5.41) is 0.861. The van der Waals surface area contributed by atoms with Crippen molar-refractivity contribution in [2.24, 2.45) is 0 Å². The molecule has 2 N–H and O–H groups in total. The van der Waals surface area contributed by atoms with Gasteiger partial charge in [0.15, 0.2) is 4.34 Å². The van der Waals surface area contributed by atoms with Crippen molar-refractivity contribution < 1.29 is 0 Å². The highest BCUT2D eigenvalue weighted by molar-refractivity contribution is 8.01. The fourth-order valence-corrected chi connectivity index (χ4v) is 3.91. The van der Waals surface area contributed by atoms with Gasteiger partial charge >= 0.3 is 0 Å². The van der Waals surface area contributed by atoms with Crippen molar-refractivity contribution in [3.8, 4) is 0 Å². The maximum absolute atomic E-state index is 5.84. The molecule has 0 radical (unpaired) electrons. The van der Waals surface area contributed by atoms with Crippen molar-refractivity contribution in [3.05, 3.63) is 36.2 Å². The minimum Gasteiger partial charge on any atom is -0.384 e. The topological polar surface area (TPSA) is 64.7 Å². The third-order valence-electron chi connectivity index (χ3n) is 2.71. The SMILES string of the molecule is CCCc1nc(N)cc(Sc2nc3ccccc3s2)n1. The summed E-state index contributed by atoms with van der Waals surface area (Å²) in [6.07, 6.45) is 1.85. The van der Waals surface area contributed by atoms with E-state index in [2.05, 4.69) is 27.9 Å². The summed E-state index contributed by atoms with van der Waals surface area (Å²) in [6.45, 7) is 2.10. The number of fused-ring (bicyclic) bond motifs is 1. The molecule has 0 aliphatic carbocycles. The van der Waals surface area contributed by atoms with Crippen LogP contribution in [0.5, 0.6) is 0 Å². The number of aromatic nitrogens is 3. The number of para-hydroxylation sites is 1. The molecule has 20 heavy (non-hydrogen) atoms. The summed E-state index contributed by atoms with van der Waals surface area (Å²) in [6, 6.07) is 9.92. The molecule has 0 aliphatic rings. The Morgan fingerprint density at radius 1 is 1.20 bits per heavy atom. The standard InChI is InChI=1S/C14H14N4S2/c1-2-5-12-17-11(15)8-13(18-12)20-14-16-9-6-3-4-7-10(9)19-14/h3-4,6-8H,2,5H2,1H3,(H2,15,17,18). The van der Waals surface area contributed by atoms with Gasteiger partial charge in [0.1, 0.15) is 16.7 Å². The zero-order valence-electron chi connectivity index (χ0n) is 11.0. The fraction of sp³-hybridized carbons (Fsp3) is 0.214. The molecule has 2 heterocycles. The molecule has 3 rings (SSSR count). The lowest BCUT2D eigenvalue weighted by Gasteiger charge is -2.02. The van der Waals surface area contributed by atoms with E-state index in [9.17, 15) is 0 Å². The second kappa shape index (κ2) is 5.76. The van der Waals surface area contributed by atoms with Crippen LogP contribution >= 0.6 is 23.1 Å². The average molecular weight is 302 g/mol. The number of nitrogens with zero attached hydrogens (tertiary/aromatic N) is 3. The van der Waals surface area contributed by atoms with E-state index in [-0.39, 0.29) is 0 Å². The molecule has 0 spiro atoms. The number of anilines is 1. The molecule has 102 valence electrons. The Bertz CT molecular complexity index is 706. The van der Waals surface area contributed by atoms with Crippen LogP contribution in [0, 0.1) is 0 Å². The lowest BCUT2D eigenvalue weighted by molar-refractivity contribution is 0.813. The van der Waals surface area contributed by atoms with Gasteiger partial charge < -0.3 is 5.73 Å². The van der Waals surface area contributed by atoms with Crippen LogP contribution in [0.4, 0.5) is 5.82 Å². The van der Waals surface area contributed by atoms with E-state index in [4.69, 9.17) is 5.73 Å². The minimum atomic E-state index is 0.520. The van der Waals surface area contributed by atoms with Crippen LogP contribution in [0.15, 0.2) is 39.7 Å². The number of hydrogen-bond acceptors (Lipinski definition) is 6. The van der Waals surface area contributed by atoms with Gasteiger partial charge in [-0.2, -0.15) is 0 Å². The summed E-state index contributed by atoms with van der Waals surface area (Å²) < 4.78 is 2.16. The van der Waals surface area contributed by atoms with Gasteiger partial charge in [0, 0.05) is 12.5 Å². The van der Waals surface area contributed by atoms with Crippen molar-refractivity contribution in [1.29, 1.82) is 0 Å². The summed E-state index contributed by atoms with van der Waals surface area (Å²) in [5.41, 5.74) is 6.86. The van der Waals surface area contributed by atoms with Gasteiger partial charge in [0.2, 0.25) is 0 Å². The molecule has 0 aliphatic heterocycles. The first-order valence-corrected chi connectivity index (χ1v) is 8.05. The number of nitrogens with two attached hydrogens (primary N) is 1. The van der Waals surface area contributed by atoms with Crippen molar-refractivity contribution >= 4 is 39.1 Å². The highest BCUT2D eigenvalue weighted by atomic mass is 32.2. The summed E-state index contributed by atoms with van der Waals surface area (Å²) >= 11 is 3.21. The Morgan fingerprint density at radius 2 is 2.05 bits per heavy atom. The molecule has 3 aromatic rings. The number of aryl methyl sites for hydroxylation is 1. The summed E-state index contributed by atoms with van der Waals surface area (Å²) in [5.74, 6) is 1.32. The zero-order valence-corrected chi connectivity index (χ0v) is 12.7. The summed E-state index contributed by atoms with van der Waals surface area (Å²) in [7, 11) is 0. The number of nitrogen functional groups attached to an aromatic ring is 1. The van der Waals surface area contributed by atoms with E-state index in [0.717, 1.165) is 33.5 Å². The highest BCUT2D eigenvalue weighted by Gasteiger charge is 2.08. The molecule has 1 aromatic carbocycles. The van der Waals surface area contributed by atoms with Crippen LogP contribution in [0.25, 0.3) is 10.2 Å². The molecule has 4 nitrogen and oxygen atoms in total. The Hall–Kier alpha value is -1.66. The zero-order chi connectivity index (χ0) is 13.9. The van der Waals surface area contributed by atoms with Crippen molar-refractivity contribution in [2.75, 3.05) is 5.73 Å². The first kappa shape index (κ1) is 13.3. The first-order valence-electron chi connectivity index (χ1n) is 6.41. The predicted molar refractivity (Wildman–Crippen MR) is 84.2 cm³/mol. The smallest absolute Gasteiger partial charge is 0.157 e. The monoisotopic (exact) mass is 302 g/mol. The van der Waals surface area contributed by atoms with Crippen LogP contribution in [-0.2, 0) is 6.42 Å². The highest BCUT2D eigenvalue weighted by Crippen LogP contribution is 2.33. The van der Waals surface area contributed by atoms with Gasteiger partial charge in [-0.1, -0.05) is 19.1 Å². The molecular weight excluding hydrogens is 288 g/mol. The minimum absolute atomic E-state index is 0.520. The van der Waals surface area contributed by atoms with Gasteiger partial charge in [-0.15, -0.1) is 11.3 Å². The lowest BCUT2D eigenvalue weighted by Crippen LogP contribution is -2.00. The van der Waals surface area contributed by atoms with Crippen LogP contribution < -0.4 is 5.73 Å². The number of thiazole rings is 1. The molecule has 0 bridgehead atoms. The van der Waals surface area contributed by atoms with Gasteiger partial charge in [-0.25, -0.2) is 15.0 Å². The molecule has 0 fully saturated rings. The van der Waals surface area contributed by atoms with Gasteiger partial charge in [0.05, 0.1) is 10.2 Å². The normalized spacial score (nSPS) is 11.1. The van der Waals surface area contributed by atoms with Gasteiger partial charge in [0.25, 0.3) is 0 Å². The quantitative estimate of drug-likeness (QED) is 0.743. The molecule has 0 atom stereocenters. The maximum Gasteiger partial charge on any atom is 0.157 e. The van der Waals surface area contributed by atoms with E-state index in [0.29, 0.717) is 5.82 Å². The van der Waals surface area contributed by atoms with E-state index in [1.54, 1.807) is 29.2 Å². The summed E-state index contributed by atoms with van der Waals surface area (Å²) in [4.78, 5) is 13.4. The molecule has 0 saturated heterocycles. The third-order valence-corrected chi connectivity index (χ3v) is 4.72. The van der Waals surface area contributed by atoms with E-state index in [1.165, 1.54) is 4.70 Å². The Balaban J connectivity index is 1.90.